The van der Waals surface area contributed by atoms with Crippen LogP contribution in [0.15, 0.2) is 12.1 Å². The summed E-state index contributed by atoms with van der Waals surface area (Å²) in [6.45, 7) is 1.54. The highest BCUT2D eigenvalue weighted by Gasteiger charge is 2.43. The summed E-state index contributed by atoms with van der Waals surface area (Å²) >= 11 is 6.09. The summed E-state index contributed by atoms with van der Waals surface area (Å²) in [5.41, 5.74) is -1.78. The van der Waals surface area contributed by atoms with Gasteiger partial charge in [0.05, 0.1) is 17.7 Å². The van der Waals surface area contributed by atoms with E-state index in [9.17, 15) is 22.0 Å². The number of alkyl halides is 3. The highest BCUT2D eigenvalue weighted by Crippen LogP contribution is 2.33. The van der Waals surface area contributed by atoms with Crippen molar-refractivity contribution in [3.8, 4) is 16.9 Å². The average molecular weight is 481 g/mol. The van der Waals surface area contributed by atoms with Crippen LogP contribution in [0.4, 0.5) is 27.9 Å². The van der Waals surface area contributed by atoms with Crippen molar-refractivity contribution in [2.24, 2.45) is 0 Å². The molecule has 1 atom stereocenters. The molecule has 0 saturated carbocycles. The fraction of sp³-hybridized carbons (Fsp3) is 0.474. The van der Waals surface area contributed by atoms with Crippen LogP contribution in [0.25, 0.3) is 11.1 Å². The number of aromatic nitrogens is 2. The molecular formula is C19H22ClF5N6O. The number of ether oxygens (including phenoxy) is 1. The molecule has 0 spiro atoms. The van der Waals surface area contributed by atoms with Crippen LogP contribution in [0.2, 0.25) is 5.15 Å². The van der Waals surface area contributed by atoms with Crippen LogP contribution < -0.4 is 20.6 Å². The summed E-state index contributed by atoms with van der Waals surface area (Å²) in [5.74, 6) is -2.35. The van der Waals surface area contributed by atoms with Crippen LogP contribution in [-0.4, -0.2) is 60.7 Å². The van der Waals surface area contributed by atoms with E-state index in [1.54, 1.807) is 0 Å². The first-order valence-electron chi connectivity index (χ1n) is 9.63. The van der Waals surface area contributed by atoms with E-state index in [4.69, 9.17) is 21.7 Å². The number of benzene rings is 1. The lowest BCUT2D eigenvalue weighted by molar-refractivity contribution is -0.148. The Hall–Kier alpha value is -2.60. The molecule has 2 heterocycles. The van der Waals surface area contributed by atoms with Gasteiger partial charge in [-0.25, -0.2) is 18.4 Å². The Balaban J connectivity index is 2.00. The molecule has 0 bridgehead atoms. The molecule has 32 heavy (non-hydrogen) atoms. The number of halogens is 6. The molecule has 0 radical (unpaired) electrons. The molecule has 0 amide bonds. The average Bonchev–Trinajstić information content (AvgIpc) is 3.09. The molecule has 1 aliphatic rings. The van der Waals surface area contributed by atoms with Gasteiger partial charge in [-0.15, -0.1) is 0 Å². The van der Waals surface area contributed by atoms with E-state index in [1.807, 2.05) is 19.0 Å². The first-order valence-corrected chi connectivity index (χ1v) is 10.0. The largest absolute Gasteiger partial charge is 0.493 e. The first-order chi connectivity index (χ1) is 14.9. The van der Waals surface area contributed by atoms with Crippen molar-refractivity contribution in [1.29, 1.82) is 5.41 Å². The number of fused-ring (bicyclic) bond motifs is 1. The molecule has 1 unspecified atom stereocenters. The lowest BCUT2D eigenvalue weighted by Crippen LogP contribution is -2.51. The fourth-order valence-electron chi connectivity index (χ4n) is 3.24. The number of hydrogen-bond donors (Lipinski definition) is 2. The number of anilines is 1. The van der Waals surface area contributed by atoms with E-state index in [2.05, 4.69) is 10.3 Å². The van der Waals surface area contributed by atoms with Gasteiger partial charge < -0.3 is 15.0 Å². The van der Waals surface area contributed by atoms with E-state index < -0.39 is 45.6 Å². The van der Waals surface area contributed by atoms with E-state index >= 15 is 0 Å². The van der Waals surface area contributed by atoms with E-state index in [-0.39, 0.29) is 25.0 Å². The zero-order chi connectivity index (χ0) is 23.8. The van der Waals surface area contributed by atoms with Gasteiger partial charge in [0.1, 0.15) is 35.2 Å². The molecule has 0 aliphatic carbocycles. The maximum absolute atomic E-state index is 14.9. The minimum atomic E-state index is -4.61. The summed E-state index contributed by atoms with van der Waals surface area (Å²) in [5, 5.41) is 11.3. The zero-order valence-corrected chi connectivity index (χ0v) is 18.3. The second kappa shape index (κ2) is 9.10. The van der Waals surface area contributed by atoms with Gasteiger partial charge in [-0.3, -0.25) is 10.4 Å². The topological polar surface area (TPSA) is 69.4 Å². The summed E-state index contributed by atoms with van der Waals surface area (Å²) in [7, 11) is 3.76. The lowest BCUT2D eigenvalue weighted by Gasteiger charge is -2.29. The molecule has 1 aromatic carbocycles. The SMILES string of the molecule is CC(N1CNc2nc(Cl)c(-c3c(F)cc(OCCCN(C)C)cc3F)c(=N)n21)C(F)(F)F. The second-order valence-electron chi connectivity index (χ2n) is 7.52. The molecule has 2 N–H and O–H groups in total. The monoisotopic (exact) mass is 480 g/mol. The van der Waals surface area contributed by atoms with Gasteiger partial charge in [0.15, 0.2) is 5.49 Å². The van der Waals surface area contributed by atoms with E-state index in [1.165, 1.54) is 0 Å². The highest BCUT2D eigenvalue weighted by molar-refractivity contribution is 6.32. The molecule has 0 fully saturated rings. The quantitative estimate of drug-likeness (QED) is 0.360. The lowest BCUT2D eigenvalue weighted by atomic mass is 10.1. The minimum Gasteiger partial charge on any atom is -0.493 e. The summed E-state index contributed by atoms with van der Waals surface area (Å²) < 4.78 is 75.7. The zero-order valence-electron chi connectivity index (χ0n) is 17.5. The van der Waals surface area contributed by atoms with Crippen molar-refractivity contribution in [2.45, 2.75) is 25.6 Å². The van der Waals surface area contributed by atoms with Gasteiger partial charge in [-0.1, -0.05) is 11.6 Å². The van der Waals surface area contributed by atoms with Gasteiger partial charge in [-0.05, 0) is 27.4 Å². The molecule has 3 rings (SSSR count). The molecular weight excluding hydrogens is 459 g/mol. The number of rotatable bonds is 7. The van der Waals surface area contributed by atoms with Crippen molar-refractivity contribution in [3.05, 3.63) is 34.4 Å². The fourth-order valence-corrected chi connectivity index (χ4v) is 3.50. The van der Waals surface area contributed by atoms with Gasteiger partial charge in [0.2, 0.25) is 5.95 Å². The third-order valence-corrected chi connectivity index (χ3v) is 5.19. The normalized spacial score (nSPS) is 14.5. The molecule has 1 aromatic heterocycles. The molecule has 176 valence electrons. The highest BCUT2D eigenvalue weighted by atomic mass is 35.5. The van der Waals surface area contributed by atoms with E-state index in [0.29, 0.717) is 6.42 Å². The van der Waals surface area contributed by atoms with E-state index in [0.717, 1.165) is 35.3 Å². The Kier molecular flexibility index (Phi) is 6.84. The third kappa shape index (κ3) is 4.75. The number of hydrogen-bond acceptors (Lipinski definition) is 6. The van der Waals surface area contributed by atoms with Crippen molar-refractivity contribution >= 4 is 17.5 Å². The van der Waals surface area contributed by atoms with Gasteiger partial charge in [0, 0.05) is 18.7 Å². The van der Waals surface area contributed by atoms with Crippen LogP contribution in [0.3, 0.4) is 0 Å². The van der Waals surface area contributed by atoms with Crippen LogP contribution in [0, 0.1) is 17.0 Å². The summed E-state index contributed by atoms with van der Waals surface area (Å²) in [6, 6.07) is -0.111. The third-order valence-electron chi connectivity index (χ3n) is 4.92. The molecule has 7 nitrogen and oxygen atoms in total. The predicted octanol–water partition coefficient (Wildman–Crippen LogP) is 3.56. The number of nitrogens with zero attached hydrogens (tertiary/aromatic N) is 4. The Labute approximate surface area is 185 Å². The maximum atomic E-state index is 14.9. The van der Waals surface area contributed by atoms with Crippen molar-refractivity contribution in [3.63, 3.8) is 0 Å². The van der Waals surface area contributed by atoms with Crippen LogP contribution >= 0.6 is 11.6 Å². The van der Waals surface area contributed by atoms with Crippen LogP contribution in [-0.2, 0) is 0 Å². The first kappa shape index (κ1) is 24.1. The Bertz CT molecular complexity index is 1030. The Morgan fingerprint density at radius 2 is 1.88 bits per heavy atom. The second-order valence-corrected chi connectivity index (χ2v) is 7.88. The van der Waals surface area contributed by atoms with Gasteiger partial charge in [-0.2, -0.15) is 13.2 Å². The number of nitrogens with one attached hydrogen (secondary N) is 2. The van der Waals surface area contributed by atoms with Crippen molar-refractivity contribution < 1.29 is 26.7 Å². The molecule has 2 aromatic rings. The van der Waals surface area contributed by atoms with Gasteiger partial charge in [0.25, 0.3) is 0 Å². The summed E-state index contributed by atoms with van der Waals surface area (Å²) in [4.78, 5) is 5.84. The Morgan fingerprint density at radius 3 is 2.44 bits per heavy atom. The minimum absolute atomic E-state index is 0.0547. The Morgan fingerprint density at radius 1 is 1.25 bits per heavy atom. The smallest absolute Gasteiger partial charge is 0.410 e. The van der Waals surface area contributed by atoms with Crippen molar-refractivity contribution in [1.82, 2.24) is 14.6 Å². The predicted molar refractivity (Wildman–Crippen MR) is 109 cm³/mol. The van der Waals surface area contributed by atoms with Crippen molar-refractivity contribution in [2.75, 3.05) is 44.2 Å². The van der Waals surface area contributed by atoms with Crippen LogP contribution in [0.1, 0.15) is 13.3 Å². The van der Waals surface area contributed by atoms with Gasteiger partial charge >= 0.3 is 6.18 Å². The standard InChI is InChI=1S/C19H22ClF5N6O/c1-10(19(23,24)25)30-9-27-18-28-16(20)15(17(26)31(18)30)14-12(21)7-11(8-13(14)22)32-6-4-5-29(2)3/h7-8,10,26H,4-6,9H2,1-3H3,(H,27,28). The van der Waals surface area contributed by atoms with Crippen LogP contribution in [0.5, 0.6) is 5.75 Å². The summed E-state index contributed by atoms with van der Waals surface area (Å²) in [6.07, 6.45) is -3.98. The molecule has 13 heteroatoms. The maximum Gasteiger partial charge on any atom is 0.410 e. The molecule has 0 saturated heterocycles. The molecule has 1 aliphatic heterocycles.